The molecule has 2 fully saturated rings. The molecule has 0 bridgehead atoms. The van der Waals surface area contributed by atoms with Gasteiger partial charge in [-0.1, -0.05) is 89.5 Å². The molecule has 7 heteroatoms. The normalized spacial score (nSPS) is 14.8. The van der Waals surface area contributed by atoms with Gasteiger partial charge in [0.15, 0.2) is 0 Å². The van der Waals surface area contributed by atoms with Gasteiger partial charge < -0.3 is 35.1 Å². The van der Waals surface area contributed by atoms with E-state index < -0.39 is 0 Å². The number of hydrogen-bond donors (Lipinski definition) is 3. The van der Waals surface area contributed by atoms with Gasteiger partial charge in [0.1, 0.15) is 0 Å². The van der Waals surface area contributed by atoms with Crippen LogP contribution in [0.1, 0.15) is 147 Å². The first kappa shape index (κ1) is 56.1. The van der Waals surface area contributed by atoms with Gasteiger partial charge in [-0.25, -0.2) is 0 Å². The summed E-state index contributed by atoms with van der Waals surface area (Å²) >= 11 is 0. The lowest BCUT2D eigenvalue weighted by Crippen LogP contribution is -2.22. The molecule has 2 rings (SSSR count). The molecule has 0 aromatic carbocycles. The quantitative estimate of drug-likeness (QED) is 0.0522. The van der Waals surface area contributed by atoms with E-state index in [1.807, 2.05) is 0 Å². The molecule has 47 heavy (non-hydrogen) atoms. The largest absolute Gasteiger partial charge is 0.396 e. The fraction of sp³-hybridized carbons (Fsp3) is 1.00. The van der Waals surface area contributed by atoms with Gasteiger partial charge in [0, 0.05) is 39.3 Å². The Kier molecular flexibility index (Phi) is 47.9. The van der Waals surface area contributed by atoms with Crippen LogP contribution in [-0.2, 0) is 0 Å². The van der Waals surface area contributed by atoms with Crippen molar-refractivity contribution in [2.75, 3.05) is 106 Å². The first-order chi connectivity index (χ1) is 20.4. The van der Waals surface area contributed by atoms with E-state index in [2.05, 4.69) is 52.9 Å². The predicted octanol–water partition coefficient (Wildman–Crippen LogP) is 8.35. The first-order valence-electron chi connectivity index (χ1n) is 18.2. The molecule has 0 aromatic heterocycles. The minimum Gasteiger partial charge on any atom is -0.396 e. The smallest absolute Gasteiger partial charge is 0.0555 e. The van der Waals surface area contributed by atoms with Gasteiger partial charge in [-0.2, -0.15) is 0 Å². The third-order valence-corrected chi connectivity index (χ3v) is 9.03. The van der Waals surface area contributed by atoms with E-state index in [0.717, 1.165) is 37.8 Å². The van der Waals surface area contributed by atoms with Gasteiger partial charge in [0.25, 0.3) is 0 Å². The Morgan fingerprint density at radius 1 is 0.489 bits per heavy atom. The van der Waals surface area contributed by atoms with Crippen molar-refractivity contribution in [3.8, 4) is 0 Å². The highest BCUT2D eigenvalue weighted by Crippen LogP contribution is 2.16. The Bertz CT molecular complexity index is 515. The van der Waals surface area contributed by atoms with E-state index >= 15 is 0 Å². The molecular weight excluding hydrogens is 582 g/mol. The number of aliphatic hydroxyl groups is 2. The van der Waals surface area contributed by atoms with Crippen LogP contribution in [0.15, 0.2) is 0 Å². The summed E-state index contributed by atoms with van der Waals surface area (Å²) in [6.45, 7) is 20.2. The van der Waals surface area contributed by atoms with Crippen LogP contribution in [0.4, 0.5) is 0 Å². The second kappa shape index (κ2) is 40.2. The molecule has 2 saturated heterocycles. The Morgan fingerprint density at radius 2 is 0.894 bits per heavy atom. The Morgan fingerprint density at radius 3 is 1.36 bits per heavy atom. The lowest BCUT2D eigenvalue weighted by atomic mass is 9.98. The van der Waals surface area contributed by atoms with Crippen molar-refractivity contribution >= 4 is 0 Å². The minimum atomic E-state index is 0. The van der Waals surface area contributed by atoms with Crippen molar-refractivity contribution in [2.24, 2.45) is 11.8 Å². The number of nitrogens with zero attached hydrogens (tertiary/aromatic N) is 4. The summed E-state index contributed by atoms with van der Waals surface area (Å²) in [4.78, 5) is 10.0. The number of unbranched alkanes of at least 4 members (excludes halogenated alkanes) is 5. The van der Waals surface area contributed by atoms with Gasteiger partial charge in [-0.15, -0.1) is 0 Å². The van der Waals surface area contributed by atoms with Crippen LogP contribution in [0.2, 0.25) is 0 Å². The van der Waals surface area contributed by atoms with Gasteiger partial charge in [-0.3, -0.25) is 0 Å². The van der Waals surface area contributed by atoms with Crippen LogP contribution in [0, 0.1) is 11.8 Å². The van der Waals surface area contributed by atoms with Crippen LogP contribution < -0.4 is 5.32 Å². The van der Waals surface area contributed by atoms with Crippen LogP contribution in [0.5, 0.6) is 0 Å². The monoisotopic (exact) mass is 678 g/mol. The van der Waals surface area contributed by atoms with E-state index in [4.69, 9.17) is 10.2 Å². The average Bonchev–Trinajstić information content (AvgIpc) is 3.90. The average molecular weight is 678 g/mol. The van der Waals surface area contributed by atoms with E-state index in [9.17, 15) is 0 Å². The molecule has 2 heterocycles. The molecule has 0 spiro atoms. The fourth-order valence-electron chi connectivity index (χ4n) is 5.70. The zero-order chi connectivity index (χ0) is 30.7. The second-order valence-corrected chi connectivity index (χ2v) is 13.7. The second-order valence-electron chi connectivity index (χ2n) is 13.7. The molecular formula is C40H95N5O2. The van der Waals surface area contributed by atoms with Crippen molar-refractivity contribution in [1.29, 1.82) is 0 Å². The summed E-state index contributed by atoms with van der Waals surface area (Å²) in [5, 5.41) is 20.6. The summed E-state index contributed by atoms with van der Waals surface area (Å²) in [6.07, 6.45) is 19.5. The molecule has 3 N–H and O–H groups in total. The van der Waals surface area contributed by atoms with Crippen molar-refractivity contribution in [1.82, 2.24) is 24.9 Å². The number of hydrogen-bond acceptors (Lipinski definition) is 7. The van der Waals surface area contributed by atoms with E-state index in [0.29, 0.717) is 6.61 Å². The van der Waals surface area contributed by atoms with Crippen molar-refractivity contribution in [3.63, 3.8) is 0 Å². The zero-order valence-corrected chi connectivity index (χ0v) is 28.8. The van der Waals surface area contributed by atoms with Crippen molar-refractivity contribution < 1.29 is 10.2 Å². The Hall–Kier alpha value is -0.280. The fourth-order valence-corrected chi connectivity index (χ4v) is 5.70. The van der Waals surface area contributed by atoms with Crippen molar-refractivity contribution in [3.05, 3.63) is 0 Å². The van der Waals surface area contributed by atoms with Gasteiger partial charge >= 0.3 is 0 Å². The van der Waals surface area contributed by atoms with Gasteiger partial charge in [0.05, 0.1) is 6.61 Å². The summed E-state index contributed by atoms with van der Waals surface area (Å²) < 4.78 is 0. The molecule has 0 aromatic rings. The summed E-state index contributed by atoms with van der Waals surface area (Å²) in [6, 6.07) is 0. The molecule has 0 amide bonds. The highest BCUT2D eigenvalue weighted by molar-refractivity contribution is 4.73. The molecule has 2 unspecified atom stereocenters. The highest BCUT2D eigenvalue weighted by atomic mass is 16.3. The molecule has 2 aliphatic heterocycles. The van der Waals surface area contributed by atoms with Crippen LogP contribution in [0.25, 0.3) is 0 Å². The molecule has 0 saturated carbocycles. The zero-order valence-electron chi connectivity index (χ0n) is 28.8. The maximum atomic E-state index is 8.73. The lowest BCUT2D eigenvalue weighted by molar-refractivity contribution is 0.276. The van der Waals surface area contributed by atoms with E-state index in [1.54, 1.807) is 0 Å². The molecule has 2 aliphatic rings. The Balaban J connectivity index is -0.000000226. The number of rotatable bonds is 30. The Labute approximate surface area is 299 Å². The molecule has 2 atom stereocenters. The maximum absolute atomic E-state index is 8.73. The van der Waals surface area contributed by atoms with E-state index in [1.165, 1.54) is 149 Å². The molecule has 0 aliphatic carbocycles. The highest BCUT2D eigenvalue weighted by Gasteiger charge is 2.17. The summed E-state index contributed by atoms with van der Waals surface area (Å²) in [7, 11) is 4.51. The van der Waals surface area contributed by atoms with Gasteiger partial charge in [-0.05, 0) is 130 Å². The maximum Gasteiger partial charge on any atom is 0.0555 e. The third kappa shape index (κ3) is 41.8. The molecule has 0 radical (unpaired) electrons. The van der Waals surface area contributed by atoms with Gasteiger partial charge in [0.2, 0.25) is 0 Å². The topological polar surface area (TPSA) is 65.0 Å². The van der Waals surface area contributed by atoms with Crippen molar-refractivity contribution in [2.45, 2.75) is 147 Å². The lowest BCUT2D eigenvalue weighted by Gasteiger charge is -2.17. The van der Waals surface area contributed by atoms with Crippen LogP contribution in [-0.4, -0.2) is 136 Å². The molecule has 7 nitrogen and oxygen atoms in total. The summed E-state index contributed by atoms with van der Waals surface area (Å²) in [5.74, 6) is 1.75. The SMILES string of the molecule is C.C.C.C.C.CC(CCCCN(C)CCCCCCO)CCCNCCO.CC(CCCCN(C)CCCN1CC1)CCCN1CC1. The van der Waals surface area contributed by atoms with Crippen LogP contribution >= 0.6 is 0 Å². The molecule has 292 valence electrons. The minimum absolute atomic E-state index is 0. The number of nitrogens with one attached hydrogen (secondary N) is 1. The third-order valence-electron chi connectivity index (χ3n) is 9.03. The summed E-state index contributed by atoms with van der Waals surface area (Å²) in [5.41, 5.74) is 0. The number of aliphatic hydroxyl groups excluding tert-OH is 2. The van der Waals surface area contributed by atoms with Crippen LogP contribution in [0.3, 0.4) is 0 Å². The predicted molar refractivity (Wildman–Crippen MR) is 216 cm³/mol. The standard InChI is InChI=1S/C18H40N2O2.C17H35N3.5CH4/c1-18(11-9-12-19-13-17-22)10-5-7-15-20(2)14-6-3-4-8-16-21;1-17(8-5-11-19-13-14-19)7-3-4-9-18(2)10-6-12-20-15-16-20;;;;;/h18-19,21-22H,3-17H2,1-2H3;17H,3-16H2,1-2H3;5*1H4. The first-order valence-corrected chi connectivity index (χ1v) is 18.2. The van der Waals surface area contributed by atoms with E-state index in [-0.39, 0.29) is 43.7 Å².